The Morgan fingerprint density at radius 2 is 2.11 bits per heavy atom. The number of alkyl halides is 3. The summed E-state index contributed by atoms with van der Waals surface area (Å²) in [6, 6.07) is 2.54. The molecular weight excluding hydrogens is 273 g/mol. The van der Waals surface area contributed by atoms with Crippen LogP contribution in [0, 0.1) is 0 Å². The van der Waals surface area contributed by atoms with Gasteiger partial charge in [-0.2, -0.15) is 13.2 Å². The summed E-state index contributed by atoms with van der Waals surface area (Å²) in [4.78, 5) is 14.5. The normalized spacial score (nSPS) is 11.3. The van der Waals surface area contributed by atoms with Crippen molar-refractivity contribution in [3.63, 3.8) is 0 Å². The van der Waals surface area contributed by atoms with Gasteiger partial charge in [-0.3, -0.25) is 0 Å². The third-order valence-electron chi connectivity index (χ3n) is 2.02. The fourth-order valence-corrected chi connectivity index (χ4v) is 1.39. The van der Waals surface area contributed by atoms with Crippen LogP contribution in [0.5, 0.6) is 0 Å². The molecule has 100 valence electrons. The van der Waals surface area contributed by atoms with Gasteiger partial charge in [-0.15, -0.1) is 0 Å². The number of anilines is 1. The topological polar surface area (TPSA) is 62.2 Å². The predicted molar refractivity (Wildman–Crippen MR) is 60.0 cm³/mol. The van der Waals surface area contributed by atoms with Crippen LogP contribution in [0.15, 0.2) is 12.1 Å². The molecule has 0 saturated carbocycles. The van der Waals surface area contributed by atoms with E-state index >= 15 is 0 Å². The Balaban J connectivity index is 2.61. The molecule has 0 aromatic carbocycles. The van der Waals surface area contributed by atoms with Crippen LogP contribution in [0.2, 0.25) is 5.15 Å². The van der Waals surface area contributed by atoms with Crippen molar-refractivity contribution in [2.24, 2.45) is 0 Å². The number of carboxylic acid groups (broad SMARTS) is 1. The Hall–Kier alpha value is -1.50. The van der Waals surface area contributed by atoms with Gasteiger partial charge in [0, 0.05) is 13.0 Å². The van der Waals surface area contributed by atoms with Gasteiger partial charge in [0.1, 0.15) is 16.5 Å². The summed E-state index contributed by atoms with van der Waals surface area (Å²) in [5, 5.41) is 11.4. The third-order valence-corrected chi connectivity index (χ3v) is 2.23. The SMILES string of the molecule is O=C(O)c1ccc(Cl)nc1NCCCC(F)(F)F. The van der Waals surface area contributed by atoms with Gasteiger partial charge < -0.3 is 10.4 Å². The first-order valence-corrected chi connectivity index (χ1v) is 5.38. The molecule has 0 radical (unpaired) electrons. The number of aromatic carboxylic acids is 1. The molecule has 0 aliphatic carbocycles. The zero-order chi connectivity index (χ0) is 13.8. The third kappa shape index (κ3) is 4.79. The number of hydrogen-bond donors (Lipinski definition) is 2. The Bertz CT molecular complexity index is 438. The summed E-state index contributed by atoms with van der Waals surface area (Å²) in [6.07, 6.45) is -5.33. The van der Waals surface area contributed by atoms with E-state index in [1.54, 1.807) is 0 Å². The largest absolute Gasteiger partial charge is 0.478 e. The van der Waals surface area contributed by atoms with Crippen LogP contribution in [0.1, 0.15) is 23.2 Å². The fourth-order valence-electron chi connectivity index (χ4n) is 1.24. The quantitative estimate of drug-likeness (QED) is 0.643. The van der Waals surface area contributed by atoms with E-state index < -0.39 is 18.6 Å². The highest BCUT2D eigenvalue weighted by atomic mass is 35.5. The predicted octanol–water partition coefficient (Wildman–Crippen LogP) is 3.19. The van der Waals surface area contributed by atoms with Crippen LogP contribution in [0.4, 0.5) is 19.0 Å². The highest BCUT2D eigenvalue weighted by Crippen LogP contribution is 2.22. The molecule has 0 amide bonds. The number of rotatable bonds is 5. The van der Waals surface area contributed by atoms with Crippen molar-refractivity contribution < 1.29 is 23.1 Å². The number of nitrogens with one attached hydrogen (secondary N) is 1. The van der Waals surface area contributed by atoms with Crippen molar-refractivity contribution in [1.82, 2.24) is 4.98 Å². The summed E-state index contributed by atoms with van der Waals surface area (Å²) in [7, 11) is 0. The van der Waals surface area contributed by atoms with Crippen LogP contribution in [-0.4, -0.2) is 28.8 Å². The molecule has 4 nitrogen and oxygen atoms in total. The van der Waals surface area contributed by atoms with E-state index in [9.17, 15) is 18.0 Å². The molecule has 1 rings (SSSR count). The second-order valence-electron chi connectivity index (χ2n) is 3.48. The van der Waals surface area contributed by atoms with Gasteiger partial charge in [-0.25, -0.2) is 9.78 Å². The molecule has 0 atom stereocenters. The van der Waals surface area contributed by atoms with Crippen molar-refractivity contribution in [3.8, 4) is 0 Å². The maximum Gasteiger partial charge on any atom is 0.389 e. The second-order valence-corrected chi connectivity index (χ2v) is 3.87. The molecule has 0 bridgehead atoms. The summed E-state index contributed by atoms with van der Waals surface area (Å²) in [6.45, 7) is -0.0346. The van der Waals surface area contributed by atoms with E-state index in [-0.39, 0.29) is 29.5 Å². The van der Waals surface area contributed by atoms with Crippen molar-refractivity contribution in [2.45, 2.75) is 19.0 Å². The minimum Gasteiger partial charge on any atom is -0.478 e. The number of hydrogen-bond acceptors (Lipinski definition) is 3. The maximum absolute atomic E-state index is 11.9. The minimum absolute atomic E-state index is 0.0304. The van der Waals surface area contributed by atoms with Gasteiger partial charge in [0.15, 0.2) is 0 Å². The molecule has 18 heavy (non-hydrogen) atoms. The van der Waals surface area contributed by atoms with E-state index in [1.165, 1.54) is 12.1 Å². The summed E-state index contributed by atoms with van der Waals surface area (Å²) in [5.41, 5.74) is -0.133. The molecule has 2 N–H and O–H groups in total. The molecule has 0 unspecified atom stereocenters. The van der Waals surface area contributed by atoms with Crippen molar-refractivity contribution in [2.75, 3.05) is 11.9 Å². The number of carbonyl (C=O) groups is 1. The lowest BCUT2D eigenvalue weighted by atomic mass is 10.2. The summed E-state index contributed by atoms with van der Waals surface area (Å²) < 4.78 is 35.7. The standard InChI is InChI=1S/C10H10ClF3N2O2/c11-7-3-2-6(9(17)18)8(16-7)15-5-1-4-10(12,13)14/h2-3H,1,4-5H2,(H,15,16)(H,17,18). The van der Waals surface area contributed by atoms with E-state index in [4.69, 9.17) is 16.7 Å². The number of pyridine rings is 1. The minimum atomic E-state index is -4.22. The van der Waals surface area contributed by atoms with Gasteiger partial charge in [0.25, 0.3) is 0 Å². The molecule has 0 spiro atoms. The molecule has 0 saturated heterocycles. The van der Waals surface area contributed by atoms with Gasteiger partial charge in [-0.05, 0) is 18.6 Å². The first-order valence-electron chi connectivity index (χ1n) is 5.00. The first-order chi connectivity index (χ1) is 8.29. The van der Waals surface area contributed by atoms with Crippen LogP contribution >= 0.6 is 11.6 Å². The zero-order valence-corrected chi connectivity index (χ0v) is 9.85. The second kappa shape index (κ2) is 5.90. The van der Waals surface area contributed by atoms with Gasteiger partial charge in [0.2, 0.25) is 0 Å². The summed E-state index contributed by atoms with van der Waals surface area (Å²) in [5.74, 6) is -1.25. The molecule has 0 aliphatic rings. The Morgan fingerprint density at radius 3 is 2.67 bits per heavy atom. The molecule has 8 heteroatoms. The van der Waals surface area contributed by atoms with Crippen molar-refractivity contribution in [1.29, 1.82) is 0 Å². The number of carboxylic acids is 1. The van der Waals surface area contributed by atoms with Crippen molar-refractivity contribution >= 4 is 23.4 Å². The average Bonchev–Trinajstić information content (AvgIpc) is 2.22. The van der Waals surface area contributed by atoms with Gasteiger partial charge >= 0.3 is 12.1 Å². The van der Waals surface area contributed by atoms with E-state index in [2.05, 4.69) is 10.3 Å². The van der Waals surface area contributed by atoms with E-state index in [1.807, 2.05) is 0 Å². The Labute approximate surface area is 106 Å². The van der Waals surface area contributed by atoms with E-state index in [0.717, 1.165) is 0 Å². The van der Waals surface area contributed by atoms with Crippen LogP contribution in [-0.2, 0) is 0 Å². The number of halogens is 4. The lowest BCUT2D eigenvalue weighted by Gasteiger charge is -2.10. The van der Waals surface area contributed by atoms with Crippen LogP contribution in [0.25, 0.3) is 0 Å². The number of aromatic nitrogens is 1. The number of nitrogens with zero attached hydrogens (tertiary/aromatic N) is 1. The highest BCUT2D eigenvalue weighted by molar-refractivity contribution is 6.29. The van der Waals surface area contributed by atoms with E-state index in [0.29, 0.717) is 0 Å². The maximum atomic E-state index is 11.9. The molecule has 0 fully saturated rings. The lowest BCUT2D eigenvalue weighted by Crippen LogP contribution is -2.13. The van der Waals surface area contributed by atoms with Crippen molar-refractivity contribution in [3.05, 3.63) is 22.8 Å². The van der Waals surface area contributed by atoms with Crippen LogP contribution in [0.3, 0.4) is 0 Å². The molecule has 1 aromatic rings. The fraction of sp³-hybridized carbons (Fsp3) is 0.400. The summed E-state index contributed by atoms with van der Waals surface area (Å²) >= 11 is 5.58. The molecule has 1 aromatic heterocycles. The lowest BCUT2D eigenvalue weighted by molar-refractivity contribution is -0.134. The monoisotopic (exact) mass is 282 g/mol. The van der Waals surface area contributed by atoms with Gasteiger partial charge in [0.05, 0.1) is 0 Å². The molecule has 0 aliphatic heterocycles. The zero-order valence-electron chi connectivity index (χ0n) is 9.09. The molecule has 1 heterocycles. The highest BCUT2D eigenvalue weighted by Gasteiger charge is 2.26. The molecular formula is C10H10ClF3N2O2. The Morgan fingerprint density at radius 1 is 1.44 bits per heavy atom. The smallest absolute Gasteiger partial charge is 0.389 e. The van der Waals surface area contributed by atoms with Gasteiger partial charge in [-0.1, -0.05) is 11.6 Å². The van der Waals surface area contributed by atoms with Crippen LogP contribution < -0.4 is 5.32 Å². The first kappa shape index (κ1) is 14.6. The average molecular weight is 283 g/mol. The Kier molecular flexibility index (Phi) is 4.77.